The Hall–Kier alpha value is -1.39. The van der Waals surface area contributed by atoms with Crippen LogP contribution in [0, 0.1) is 0 Å². The molecule has 4 nitrogen and oxygen atoms in total. The molecule has 1 N–H and O–H groups in total. The molecule has 0 aliphatic carbocycles. The molecule has 0 saturated carbocycles. The number of piperidine rings is 1. The minimum atomic E-state index is -0.00451. The number of halogens is 1. The fourth-order valence-electron chi connectivity index (χ4n) is 2.23. The molecular formula is C15H20ClN3O. The molecule has 0 radical (unpaired) electrons. The smallest absolute Gasteiger partial charge is 0.177 e. The van der Waals surface area contributed by atoms with Crippen molar-refractivity contribution < 1.29 is 4.79 Å². The highest BCUT2D eigenvalue weighted by molar-refractivity contribution is 6.40. The Morgan fingerprint density at radius 3 is 2.65 bits per heavy atom. The maximum atomic E-state index is 11.7. The summed E-state index contributed by atoms with van der Waals surface area (Å²) in [6.45, 7) is 4.24. The summed E-state index contributed by atoms with van der Waals surface area (Å²) in [7, 11) is 0. The van der Waals surface area contributed by atoms with Crippen molar-refractivity contribution in [3.05, 3.63) is 29.3 Å². The van der Waals surface area contributed by atoms with E-state index in [-0.39, 0.29) is 5.78 Å². The number of carbonyl (C=O) groups is 1. The van der Waals surface area contributed by atoms with Crippen molar-refractivity contribution in [2.75, 3.05) is 25.1 Å². The predicted octanol–water partition coefficient (Wildman–Crippen LogP) is 3.18. The van der Waals surface area contributed by atoms with Gasteiger partial charge in [0.05, 0.1) is 10.7 Å². The van der Waals surface area contributed by atoms with E-state index in [4.69, 9.17) is 11.6 Å². The van der Waals surface area contributed by atoms with Crippen molar-refractivity contribution in [3.63, 3.8) is 0 Å². The summed E-state index contributed by atoms with van der Waals surface area (Å²) in [5, 5.41) is 4.83. The van der Waals surface area contributed by atoms with Gasteiger partial charge in [0.15, 0.2) is 5.78 Å². The molecule has 0 unspecified atom stereocenters. The number of nitrogens with zero attached hydrogens (tertiary/aromatic N) is 2. The fourth-order valence-corrected chi connectivity index (χ4v) is 2.41. The summed E-state index contributed by atoms with van der Waals surface area (Å²) in [5.41, 5.74) is 4.15. The van der Waals surface area contributed by atoms with Crippen LogP contribution in [0.5, 0.6) is 0 Å². The van der Waals surface area contributed by atoms with Crippen LogP contribution in [0.4, 0.5) is 5.69 Å². The van der Waals surface area contributed by atoms with Gasteiger partial charge in [0.25, 0.3) is 0 Å². The molecule has 1 aliphatic heterocycles. The summed E-state index contributed by atoms with van der Waals surface area (Å²) in [6.07, 6.45) is 3.67. The van der Waals surface area contributed by atoms with Gasteiger partial charge in [0.1, 0.15) is 5.71 Å². The number of likely N-dealkylation sites (tertiary alicyclic amines) is 1. The SMILES string of the molecule is CC(=O)/C(CN1CCCCC1)=N/Nc1ccccc1Cl. The summed E-state index contributed by atoms with van der Waals surface area (Å²) >= 11 is 6.05. The third-order valence-corrected chi connectivity index (χ3v) is 3.74. The highest BCUT2D eigenvalue weighted by Crippen LogP contribution is 2.20. The highest BCUT2D eigenvalue weighted by atomic mass is 35.5. The molecule has 1 fully saturated rings. The maximum Gasteiger partial charge on any atom is 0.177 e. The van der Waals surface area contributed by atoms with E-state index in [0.29, 0.717) is 23.0 Å². The van der Waals surface area contributed by atoms with Gasteiger partial charge < -0.3 is 0 Å². The van der Waals surface area contributed by atoms with Crippen LogP contribution >= 0.6 is 11.6 Å². The van der Waals surface area contributed by atoms with Gasteiger partial charge in [-0.1, -0.05) is 30.2 Å². The van der Waals surface area contributed by atoms with E-state index in [2.05, 4.69) is 15.4 Å². The Balaban J connectivity index is 2.02. The molecule has 0 amide bonds. The number of benzene rings is 1. The van der Waals surface area contributed by atoms with Gasteiger partial charge in [-0.3, -0.25) is 15.1 Å². The maximum absolute atomic E-state index is 11.7. The van der Waals surface area contributed by atoms with E-state index in [1.165, 1.54) is 19.3 Å². The summed E-state index contributed by atoms with van der Waals surface area (Å²) < 4.78 is 0. The fraction of sp³-hybridized carbons (Fsp3) is 0.467. The number of para-hydroxylation sites is 1. The number of hydrogen-bond donors (Lipinski definition) is 1. The third kappa shape index (κ3) is 4.32. The zero-order chi connectivity index (χ0) is 14.4. The van der Waals surface area contributed by atoms with Crippen LogP contribution in [-0.4, -0.2) is 36.0 Å². The average molecular weight is 294 g/mol. The van der Waals surface area contributed by atoms with E-state index in [0.717, 1.165) is 13.1 Å². The van der Waals surface area contributed by atoms with Crippen LogP contribution < -0.4 is 5.43 Å². The van der Waals surface area contributed by atoms with Crippen molar-refractivity contribution in [2.24, 2.45) is 5.10 Å². The molecule has 0 atom stereocenters. The normalized spacial score (nSPS) is 17.0. The quantitative estimate of drug-likeness (QED) is 0.670. The minimum absolute atomic E-state index is 0.00451. The Morgan fingerprint density at radius 2 is 2.00 bits per heavy atom. The molecule has 0 aromatic heterocycles. The molecule has 1 aromatic carbocycles. The standard InChI is InChI=1S/C15H20ClN3O/c1-12(20)15(11-19-9-5-2-6-10-19)18-17-14-8-4-3-7-13(14)16/h3-4,7-8,17H,2,5-6,9-11H2,1H3/b18-15+. The van der Waals surface area contributed by atoms with Gasteiger partial charge in [-0.25, -0.2) is 0 Å². The largest absolute Gasteiger partial charge is 0.297 e. The molecule has 1 heterocycles. The average Bonchev–Trinajstić information content (AvgIpc) is 2.46. The minimum Gasteiger partial charge on any atom is -0.297 e. The van der Waals surface area contributed by atoms with E-state index in [1.807, 2.05) is 18.2 Å². The lowest BCUT2D eigenvalue weighted by molar-refractivity contribution is -0.111. The number of nitrogens with one attached hydrogen (secondary N) is 1. The van der Waals surface area contributed by atoms with E-state index >= 15 is 0 Å². The van der Waals surface area contributed by atoms with Gasteiger partial charge in [-0.2, -0.15) is 5.10 Å². The van der Waals surface area contributed by atoms with E-state index in [1.54, 1.807) is 13.0 Å². The summed E-state index contributed by atoms with van der Waals surface area (Å²) in [6, 6.07) is 7.36. The van der Waals surface area contributed by atoms with E-state index < -0.39 is 0 Å². The number of Topliss-reactive ketones (excluding diaryl/α,β-unsaturated/α-hetero) is 1. The van der Waals surface area contributed by atoms with Gasteiger partial charge >= 0.3 is 0 Å². The first-order chi connectivity index (χ1) is 9.66. The second-order valence-electron chi connectivity index (χ2n) is 5.04. The van der Waals surface area contributed by atoms with Crippen LogP contribution in [0.2, 0.25) is 5.02 Å². The second-order valence-corrected chi connectivity index (χ2v) is 5.45. The first-order valence-electron chi connectivity index (χ1n) is 6.97. The highest BCUT2D eigenvalue weighted by Gasteiger charge is 2.15. The number of anilines is 1. The topological polar surface area (TPSA) is 44.7 Å². The molecule has 2 rings (SSSR count). The number of hydrogen-bond acceptors (Lipinski definition) is 4. The molecule has 108 valence electrons. The van der Waals surface area contributed by atoms with E-state index in [9.17, 15) is 4.79 Å². The van der Waals surface area contributed by atoms with Crippen LogP contribution in [0.1, 0.15) is 26.2 Å². The number of rotatable bonds is 5. The van der Waals surface area contributed by atoms with Crippen molar-refractivity contribution in [1.82, 2.24) is 4.90 Å². The first kappa shape index (κ1) is 15.0. The summed E-state index contributed by atoms with van der Waals surface area (Å²) in [4.78, 5) is 14.0. The van der Waals surface area contributed by atoms with Gasteiger partial charge in [-0.05, 0) is 38.1 Å². The Labute approximate surface area is 124 Å². The third-order valence-electron chi connectivity index (χ3n) is 3.41. The van der Waals surface area contributed by atoms with Crippen LogP contribution in [0.25, 0.3) is 0 Å². The molecule has 1 aliphatic rings. The van der Waals surface area contributed by atoms with Crippen molar-refractivity contribution in [2.45, 2.75) is 26.2 Å². The zero-order valence-corrected chi connectivity index (χ0v) is 12.5. The first-order valence-corrected chi connectivity index (χ1v) is 7.35. The Morgan fingerprint density at radius 1 is 1.30 bits per heavy atom. The number of carbonyl (C=O) groups excluding carboxylic acids is 1. The lowest BCUT2D eigenvalue weighted by atomic mass is 10.1. The summed E-state index contributed by atoms with van der Waals surface area (Å²) in [5.74, 6) is -0.00451. The van der Waals surface area contributed by atoms with Crippen molar-refractivity contribution in [3.8, 4) is 0 Å². The zero-order valence-electron chi connectivity index (χ0n) is 11.7. The van der Waals surface area contributed by atoms with Crippen molar-refractivity contribution in [1.29, 1.82) is 0 Å². The molecule has 1 saturated heterocycles. The Bertz CT molecular complexity index is 496. The number of hydrazone groups is 1. The van der Waals surface area contributed by atoms with Crippen molar-refractivity contribution >= 4 is 28.8 Å². The van der Waals surface area contributed by atoms with Crippen LogP contribution in [0.3, 0.4) is 0 Å². The molecule has 0 spiro atoms. The molecule has 20 heavy (non-hydrogen) atoms. The second kappa shape index (κ2) is 7.41. The number of ketones is 1. The lowest BCUT2D eigenvalue weighted by Gasteiger charge is -2.26. The monoisotopic (exact) mass is 293 g/mol. The molecular weight excluding hydrogens is 274 g/mol. The lowest BCUT2D eigenvalue weighted by Crippen LogP contribution is -2.37. The van der Waals surface area contributed by atoms with Crippen LogP contribution in [-0.2, 0) is 4.79 Å². The Kier molecular flexibility index (Phi) is 5.56. The molecule has 1 aromatic rings. The molecule has 0 bridgehead atoms. The molecule has 5 heteroatoms. The van der Waals surface area contributed by atoms with Crippen LogP contribution in [0.15, 0.2) is 29.4 Å². The predicted molar refractivity (Wildman–Crippen MR) is 83.5 cm³/mol. The van der Waals surface area contributed by atoms with Gasteiger partial charge in [0.2, 0.25) is 0 Å². The van der Waals surface area contributed by atoms with Gasteiger partial charge in [0, 0.05) is 13.5 Å². The van der Waals surface area contributed by atoms with Gasteiger partial charge in [-0.15, -0.1) is 0 Å².